The molecule has 124 valence electrons. The number of carbonyl (C=O) groups is 3. The van der Waals surface area contributed by atoms with Crippen LogP contribution >= 0.6 is 0 Å². The van der Waals surface area contributed by atoms with E-state index in [9.17, 15) is 14.4 Å². The zero-order chi connectivity index (χ0) is 17.3. The summed E-state index contributed by atoms with van der Waals surface area (Å²) >= 11 is 0. The SMILES string of the molecule is Cc1ccccc1N1C(=O)[C@@H]2[C@H](C1=O)[C@H]1C(=O)C[C@H]2c2ccccc21. The lowest BCUT2D eigenvalue weighted by atomic mass is 9.56. The van der Waals surface area contributed by atoms with Crippen LogP contribution in [0.4, 0.5) is 5.69 Å². The van der Waals surface area contributed by atoms with Gasteiger partial charge in [-0.25, -0.2) is 4.90 Å². The molecule has 4 atom stereocenters. The van der Waals surface area contributed by atoms with Gasteiger partial charge in [-0.05, 0) is 29.7 Å². The van der Waals surface area contributed by atoms with E-state index in [-0.39, 0.29) is 23.5 Å². The van der Waals surface area contributed by atoms with Crippen LogP contribution in [0.3, 0.4) is 0 Å². The number of rotatable bonds is 1. The van der Waals surface area contributed by atoms with Crippen LogP contribution in [-0.2, 0) is 14.4 Å². The minimum absolute atomic E-state index is 0.0951. The Labute approximate surface area is 145 Å². The molecule has 1 saturated carbocycles. The molecule has 3 aliphatic carbocycles. The van der Waals surface area contributed by atoms with Gasteiger partial charge in [0.25, 0.3) is 0 Å². The molecule has 0 radical (unpaired) electrons. The first-order chi connectivity index (χ1) is 12.1. The maximum Gasteiger partial charge on any atom is 0.238 e. The molecule has 2 bridgehead atoms. The third kappa shape index (κ3) is 1.74. The summed E-state index contributed by atoms with van der Waals surface area (Å²) in [6, 6.07) is 15.2. The summed E-state index contributed by atoms with van der Waals surface area (Å²) in [6.45, 7) is 1.90. The van der Waals surface area contributed by atoms with Gasteiger partial charge in [-0.2, -0.15) is 0 Å². The van der Waals surface area contributed by atoms with Gasteiger partial charge >= 0.3 is 0 Å². The average molecular weight is 331 g/mol. The Hall–Kier alpha value is -2.75. The summed E-state index contributed by atoms with van der Waals surface area (Å²) < 4.78 is 0. The number of nitrogens with zero attached hydrogens (tertiary/aromatic N) is 1. The second-order valence-electron chi connectivity index (χ2n) is 7.23. The van der Waals surface area contributed by atoms with Crippen LogP contribution in [0, 0.1) is 18.8 Å². The molecule has 0 unspecified atom stereocenters. The van der Waals surface area contributed by atoms with Gasteiger partial charge in [-0.1, -0.05) is 42.5 Å². The second-order valence-corrected chi connectivity index (χ2v) is 7.23. The van der Waals surface area contributed by atoms with Crippen molar-refractivity contribution in [3.8, 4) is 0 Å². The number of aryl methyl sites for hydroxylation is 1. The number of para-hydroxylation sites is 1. The van der Waals surface area contributed by atoms with Gasteiger partial charge in [0, 0.05) is 12.3 Å². The predicted octanol–water partition coefficient (Wildman–Crippen LogP) is 2.95. The monoisotopic (exact) mass is 331 g/mol. The van der Waals surface area contributed by atoms with E-state index in [0.717, 1.165) is 16.7 Å². The maximum absolute atomic E-state index is 13.2. The fraction of sp³-hybridized carbons (Fsp3) is 0.286. The summed E-state index contributed by atoms with van der Waals surface area (Å²) in [4.78, 5) is 40.4. The van der Waals surface area contributed by atoms with Crippen LogP contribution < -0.4 is 4.90 Å². The van der Waals surface area contributed by atoms with E-state index in [4.69, 9.17) is 0 Å². The normalized spacial score (nSPS) is 29.8. The predicted molar refractivity (Wildman–Crippen MR) is 92.2 cm³/mol. The molecule has 1 saturated heterocycles. The van der Waals surface area contributed by atoms with Gasteiger partial charge < -0.3 is 0 Å². The van der Waals surface area contributed by atoms with Gasteiger partial charge in [0.1, 0.15) is 5.78 Å². The molecule has 25 heavy (non-hydrogen) atoms. The van der Waals surface area contributed by atoms with Crippen LogP contribution in [0.5, 0.6) is 0 Å². The Kier molecular flexibility index (Phi) is 2.85. The molecule has 4 heteroatoms. The number of amides is 2. The molecule has 1 heterocycles. The van der Waals surface area contributed by atoms with Gasteiger partial charge in [0.05, 0.1) is 23.4 Å². The molecule has 2 amide bonds. The highest BCUT2D eigenvalue weighted by atomic mass is 16.2. The standard InChI is InChI=1S/C21H17NO3/c1-11-6-2-5-9-15(11)22-20(24)18-14-10-16(23)17(19(18)21(22)25)13-8-4-3-7-12(13)14/h2-9,14,17-19H,10H2,1H3/t14-,17+,18-,19+/m0/s1. The Morgan fingerprint density at radius 2 is 1.48 bits per heavy atom. The van der Waals surface area contributed by atoms with Crippen molar-refractivity contribution < 1.29 is 14.4 Å². The van der Waals surface area contributed by atoms with Crippen molar-refractivity contribution in [1.29, 1.82) is 0 Å². The molecule has 0 N–H and O–H groups in total. The molecule has 4 aliphatic rings. The topological polar surface area (TPSA) is 54.5 Å². The Morgan fingerprint density at radius 3 is 2.24 bits per heavy atom. The summed E-state index contributed by atoms with van der Waals surface area (Å²) in [7, 11) is 0. The Bertz CT molecular complexity index is 948. The van der Waals surface area contributed by atoms with E-state index in [1.165, 1.54) is 4.90 Å². The quantitative estimate of drug-likeness (QED) is 0.755. The fourth-order valence-electron chi connectivity index (χ4n) is 5.01. The van der Waals surface area contributed by atoms with E-state index in [1.807, 2.05) is 49.4 Å². The third-order valence-corrected chi connectivity index (χ3v) is 6.05. The van der Waals surface area contributed by atoms with Crippen LogP contribution in [0.25, 0.3) is 0 Å². The number of ketones is 1. The molecular weight excluding hydrogens is 314 g/mol. The molecule has 2 aromatic rings. The smallest absolute Gasteiger partial charge is 0.238 e. The van der Waals surface area contributed by atoms with Gasteiger partial charge in [0.2, 0.25) is 11.8 Å². The molecule has 4 nitrogen and oxygen atoms in total. The van der Waals surface area contributed by atoms with Crippen molar-refractivity contribution in [3.63, 3.8) is 0 Å². The van der Waals surface area contributed by atoms with Gasteiger partial charge in [-0.15, -0.1) is 0 Å². The number of hydrogen-bond donors (Lipinski definition) is 0. The maximum atomic E-state index is 13.2. The molecular formula is C21H17NO3. The van der Waals surface area contributed by atoms with E-state index in [0.29, 0.717) is 12.1 Å². The highest BCUT2D eigenvalue weighted by Crippen LogP contribution is 2.57. The highest BCUT2D eigenvalue weighted by Gasteiger charge is 2.62. The summed E-state index contributed by atoms with van der Waals surface area (Å²) in [5.74, 6) is -1.89. The van der Waals surface area contributed by atoms with Crippen molar-refractivity contribution in [2.24, 2.45) is 11.8 Å². The number of anilines is 1. The Balaban J connectivity index is 1.68. The third-order valence-electron chi connectivity index (χ3n) is 6.05. The zero-order valence-corrected chi connectivity index (χ0v) is 13.8. The number of hydrogen-bond acceptors (Lipinski definition) is 3. The second kappa shape index (κ2) is 4.88. The molecule has 1 aliphatic heterocycles. The van der Waals surface area contributed by atoms with Crippen molar-refractivity contribution >= 4 is 23.3 Å². The molecule has 0 aromatic heterocycles. The molecule has 2 aromatic carbocycles. The van der Waals surface area contributed by atoms with Crippen molar-refractivity contribution in [2.75, 3.05) is 4.90 Å². The minimum atomic E-state index is -0.548. The first-order valence-electron chi connectivity index (χ1n) is 8.64. The van der Waals surface area contributed by atoms with E-state index in [2.05, 4.69) is 0 Å². The fourth-order valence-corrected chi connectivity index (χ4v) is 5.01. The van der Waals surface area contributed by atoms with Crippen LogP contribution in [-0.4, -0.2) is 17.6 Å². The van der Waals surface area contributed by atoms with Gasteiger partial charge in [-0.3, -0.25) is 14.4 Å². The zero-order valence-electron chi connectivity index (χ0n) is 13.8. The number of benzene rings is 2. The summed E-state index contributed by atoms with van der Waals surface area (Å²) in [6.07, 6.45) is 0.365. The highest BCUT2D eigenvalue weighted by molar-refractivity contribution is 6.25. The van der Waals surface area contributed by atoms with Crippen LogP contribution in [0.2, 0.25) is 0 Å². The molecule has 0 spiro atoms. The largest absolute Gasteiger partial charge is 0.299 e. The summed E-state index contributed by atoms with van der Waals surface area (Å²) in [5.41, 5.74) is 3.54. The van der Waals surface area contributed by atoms with Crippen LogP contribution in [0.15, 0.2) is 48.5 Å². The van der Waals surface area contributed by atoms with Crippen molar-refractivity contribution in [2.45, 2.75) is 25.2 Å². The lowest BCUT2D eigenvalue weighted by Crippen LogP contribution is -2.44. The first kappa shape index (κ1) is 14.6. The van der Waals surface area contributed by atoms with Gasteiger partial charge in [0.15, 0.2) is 0 Å². The number of imide groups is 1. The number of fused-ring (bicyclic) bond motifs is 1. The number of carbonyl (C=O) groups excluding carboxylic acids is 3. The van der Waals surface area contributed by atoms with Crippen molar-refractivity contribution in [1.82, 2.24) is 0 Å². The number of Topliss-reactive ketones (excluding diaryl/α,β-unsaturated/α-hetero) is 1. The molecule has 6 rings (SSSR count). The minimum Gasteiger partial charge on any atom is -0.299 e. The Morgan fingerprint density at radius 1 is 0.840 bits per heavy atom. The van der Waals surface area contributed by atoms with E-state index in [1.54, 1.807) is 6.07 Å². The average Bonchev–Trinajstić information content (AvgIpc) is 2.88. The van der Waals surface area contributed by atoms with Crippen molar-refractivity contribution in [3.05, 3.63) is 65.2 Å². The molecule has 2 fully saturated rings. The summed E-state index contributed by atoms with van der Waals surface area (Å²) in [5, 5.41) is 0. The van der Waals surface area contributed by atoms with Crippen LogP contribution in [0.1, 0.15) is 34.9 Å². The lowest BCUT2D eigenvalue weighted by Gasteiger charge is -2.43. The van der Waals surface area contributed by atoms with E-state index < -0.39 is 17.8 Å². The first-order valence-corrected chi connectivity index (χ1v) is 8.64. The lowest BCUT2D eigenvalue weighted by molar-refractivity contribution is -0.134. The van der Waals surface area contributed by atoms with E-state index >= 15 is 0 Å².